The van der Waals surface area contributed by atoms with Gasteiger partial charge in [-0.25, -0.2) is 4.98 Å². The number of hydroxylamine groups is 2. The maximum Gasteiger partial charge on any atom is 0.221 e. The lowest BCUT2D eigenvalue weighted by atomic mass is 10.1. The van der Waals surface area contributed by atoms with E-state index in [0.29, 0.717) is 19.5 Å². The first kappa shape index (κ1) is 16.7. The van der Waals surface area contributed by atoms with Gasteiger partial charge in [0.15, 0.2) is 0 Å². The number of carbonyl (C=O) groups excluding carboxylic acids is 1. The lowest BCUT2D eigenvalue weighted by molar-refractivity contribution is -0.181. The Kier molecular flexibility index (Phi) is 5.98. The van der Waals surface area contributed by atoms with E-state index in [1.165, 1.54) is 0 Å². The topological polar surface area (TPSA) is 59.4 Å². The van der Waals surface area contributed by atoms with E-state index < -0.39 is 0 Å². The van der Waals surface area contributed by atoms with Crippen molar-refractivity contribution < 1.29 is 9.63 Å². The first-order valence-corrected chi connectivity index (χ1v) is 8.49. The molecular formula is C18H24N4O2. The van der Waals surface area contributed by atoms with Crippen LogP contribution in [0.1, 0.15) is 30.9 Å². The monoisotopic (exact) mass is 328 g/mol. The summed E-state index contributed by atoms with van der Waals surface area (Å²) in [5.74, 6) is 0.0399. The summed E-state index contributed by atoms with van der Waals surface area (Å²) >= 11 is 0. The van der Waals surface area contributed by atoms with Crippen molar-refractivity contribution in [3.63, 3.8) is 0 Å². The largest absolute Gasteiger partial charge is 0.347 e. The van der Waals surface area contributed by atoms with Crippen molar-refractivity contribution in [3.05, 3.63) is 54.6 Å². The maximum absolute atomic E-state index is 12.4. The first-order valence-electron chi connectivity index (χ1n) is 8.49. The average molecular weight is 328 g/mol. The van der Waals surface area contributed by atoms with Crippen molar-refractivity contribution in [1.29, 1.82) is 0 Å². The van der Waals surface area contributed by atoms with Gasteiger partial charge in [-0.2, -0.15) is 5.06 Å². The third-order valence-electron chi connectivity index (χ3n) is 4.15. The number of imidazole rings is 1. The average Bonchev–Trinajstić information content (AvgIpc) is 3.14. The van der Waals surface area contributed by atoms with E-state index in [1.807, 2.05) is 46.2 Å². The fourth-order valence-corrected chi connectivity index (χ4v) is 2.84. The summed E-state index contributed by atoms with van der Waals surface area (Å²) in [4.78, 5) is 22.0. The molecule has 0 saturated carbocycles. The van der Waals surface area contributed by atoms with Crippen molar-refractivity contribution >= 4 is 5.91 Å². The third-order valence-corrected chi connectivity index (χ3v) is 4.15. The first-order chi connectivity index (χ1) is 11.8. The van der Waals surface area contributed by atoms with Crippen LogP contribution in [0.25, 0.3) is 0 Å². The number of amides is 1. The van der Waals surface area contributed by atoms with Crippen LogP contribution in [0.5, 0.6) is 0 Å². The van der Waals surface area contributed by atoms with Gasteiger partial charge in [-0.05, 0) is 18.4 Å². The van der Waals surface area contributed by atoms with Gasteiger partial charge in [0.2, 0.25) is 5.91 Å². The molecule has 6 nitrogen and oxygen atoms in total. The molecule has 1 amide bonds. The number of carbonyl (C=O) groups is 1. The fraction of sp³-hybridized carbons (Fsp3) is 0.444. The van der Waals surface area contributed by atoms with Gasteiger partial charge >= 0.3 is 0 Å². The summed E-state index contributed by atoms with van der Waals surface area (Å²) in [7, 11) is 0. The zero-order valence-corrected chi connectivity index (χ0v) is 13.8. The molecule has 0 aliphatic carbocycles. The molecule has 1 fully saturated rings. The zero-order valence-electron chi connectivity index (χ0n) is 13.8. The van der Waals surface area contributed by atoms with Gasteiger partial charge in [-0.3, -0.25) is 9.63 Å². The highest BCUT2D eigenvalue weighted by Gasteiger charge is 2.17. The minimum atomic E-state index is -0.0739. The highest BCUT2D eigenvalue weighted by Crippen LogP contribution is 2.15. The van der Waals surface area contributed by atoms with Crippen LogP contribution in [0.3, 0.4) is 0 Å². The maximum atomic E-state index is 12.4. The number of nitrogens with zero attached hydrogens (tertiary/aromatic N) is 3. The predicted octanol–water partition coefficient (Wildman–Crippen LogP) is 2.16. The van der Waals surface area contributed by atoms with E-state index in [-0.39, 0.29) is 11.9 Å². The number of hydrogen-bond donors (Lipinski definition) is 1. The van der Waals surface area contributed by atoms with Crippen molar-refractivity contribution in [2.75, 3.05) is 19.7 Å². The van der Waals surface area contributed by atoms with Gasteiger partial charge in [-0.15, -0.1) is 0 Å². The van der Waals surface area contributed by atoms with Crippen LogP contribution in [0, 0.1) is 0 Å². The van der Waals surface area contributed by atoms with Gasteiger partial charge in [0.05, 0.1) is 19.0 Å². The van der Waals surface area contributed by atoms with E-state index in [9.17, 15) is 4.79 Å². The molecule has 1 aromatic heterocycles. The lowest BCUT2D eigenvalue weighted by Crippen LogP contribution is -2.36. The summed E-state index contributed by atoms with van der Waals surface area (Å²) in [6.45, 7) is 2.97. The van der Waals surface area contributed by atoms with E-state index in [1.54, 1.807) is 12.5 Å². The summed E-state index contributed by atoms with van der Waals surface area (Å²) in [6.07, 6.45) is 8.09. The SMILES string of the molecule is O=C(CCN1CCCCO1)N[C@H](Cn1ccnc1)c1ccccc1. The van der Waals surface area contributed by atoms with Crippen LogP contribution >= 0.6 is 0 Å². The van der Waals surface area contributed by atoms with Gasteiger partial charge in [0, 0.05) is 38.4 Å². The quantitative estimate of drug-likeness (QED) is 0.846. The number of rotatable bonds is 7. The van der Waals surface area contributed by atoms with Crippen molar-refractivity contribution in [3.8, 4) is 0 Å². The lowest BCUT2D eigenvalue weighted by Gasteiger charge is -2.26. The Morgan fingerprint density at radius 1 is 1.29 bits per heavy atom. The molecule has 128 valence electrons. The molecule has 0 bridgehead atoms. The second-order valence-electron chi connectivity index (χ2n) is 6.01. The highest BCUT2D eigenvalue weighted by atomic mass is 16.7. The molecule has 1 aliphatic rings. The molecule has 0 unspecified atom stereocenters. The zero-order chi connectivity index (χ0) is 16.6. The van der Waals surface area contributed by atoms with Crippen LogP contribution in [0.15, 0.2) is 49.1 Å². The molecule has 24 heavy (non-hydrogen) atoms. The molecule has 0 spiro atoms. The van der Waals surface area contributed by atoms with Gasteiger partial charge < -0.3 is 9.88 Å². The number of hydrogen-bond acceptors (Lipinski definition) is 4. The minimum Gasteiger partial charge on any atom is -0.347 e. The smallest absolute Gasteiger partial charge is 0.221 e. The normalized spacial score (nSPS) is 16.7. The summed E-state index contributed by atoms with van der Waals surface area (Å²) in [5, 5.41) is 5.04. The van der Waals surface area contributed by atoms with Crippen LogP contribution < -0.4 is 5.32 Å². The second-order valence-corrected chi connectivity index (χ2v) is 6.01. The Morgan fingerprint density at radius 3 is 2.88 bits per heavy atom. The van der Waals surface area contributed by atoms with Crippen LogP contribution in [-0.2, 0) is 16.2 Å². The minimum absolute atomic E-state index is 0.0399. The summed E-state index contributed by atoms with van der Waals surface area (Å²) < 4.78 is 1.98. The second kappa shape index (κ2) is 8.61. The highest BCUT2D eigenvalue weighted by molar-refractivity contribution is 5.76. The fourth-order valence-electron chi connectivity index (χ4n) is 2.84. The Balaban J connectivity index is 1.57. The summed E-state index contributed by atoms with van der Waals surface area (Å²) in [5.41, 5.74) is 1.09. The Hall–Kier alpha value is -2.18. The molecule has 1 aromatic carbocycles. The molecule has 6 heteroatoms. The Labute approximate surface area is 142 Å². The van der Waals surface area contributed by atoms with Gasteiger partial charge in [0.25, 0.3) is 0 Å². The molecule has 2 heterocycles. The number of nitrogens with one attached hydrogen (secondary N) is 1. The molecule has 2 aromatic rings. The van der Waals surface area contributed by atoms with Crippen LogP contribution in [0.2, 0.25) is 0 Å². The molecule has 1 N–H and O–H groups in total. The molecule has 0 radical (unpaired) electrons. The van der Waals surface area contributed by atoms with Crippen LogP contribution in [-0.4, -0.2) is 40.2 Å². The van der Waals surface area contributed by atoms with Crippen molar-refractivity contribution in [2.45, 2.75) is 31.8 Å². The number of aromatic nitrogens is 2. The van der Waals surface area contributed by atoms with Crippen LogP contribution in [0.4, 0.5) is 0 Å². The van der Waals surface area contributed by atoms with Gasteiger partial charge in [0.1, 0.15) is 0 Å². The molecule has 1 atom stereocenters. The van der Waals surface area contributed by atoms with E-state index in [2.05, 4.69) is 10.3 Å². The van der Waals surface area contributed by atoms with Crippen molar-refractivity contribution in [1.82, 2.24) is 19.9 Å². The van der Waals surface area contributed by atoms with E-state index >= 15 is 0 Å². The van der Waals surface area contributed by atoms with E-state index in [0.717, 1.165) is 31.6 Å². The standard InChI is InChI=1S/C18H24N4O2/c23-18(8-11-22-10-4-5-13-24-22)20-17(14-21-12-9-19-15-21)16-6-2-1-3-7-16/h1-3,6-7,9,12,15,17H,4-5,8,10-11,13-14H2,(H,20,23)/t17-/m1/s1. The number of benzene rings is 1. The Morgan fingerprint density at radius 2 is 2.17 bits per heavy atom. The molecule has 3 rings (SSSR count). The molecule has 1 saturated heterocycles. The predicted molar refractivity (Wildman–Crippen MR) is 90.9 cm³/mol. The molecule has 1 aliphatic heterocycles. The van der Waals surface area contributed by atoms with E-state index in [4.69, 9.17) is 4.84 Å². The van der Waals surface area contributed by atoms with Crippen molar-refractivity contribution in [2.24, 2.45) is 0 Å². The Bertz CT molecular complexity index is 609. The molecular weight excluding hydrogens is 304 g/mol. The third kappa shape index (κ3) is 4.91. The van der Waals surface area contributed by atoms with Gasteiger partial charge in [-0.1, -0.05) is 30.3 Å². The summed E-state index contributed by atoms with van der Waals surface area (Å²) in [6, 6.07) is 9.96.